The van der Waals surface area contributed by atoms with Gasteiger partial charge in [-0.1, -0.05) is 6.07 Å². The number of aryl methyl sites for hydroxylation is 2. The van der Waals surface area contributed by atoms with Crippen LogP contribution in [0.2, 0.25) is 0 Å². The second-order valence-electron chi connectivity index (χ2n) is 4.36. The maximum Gasteiger partial charge on any atom is 0.252 e. The quantitative estimate of drug-likeness (QED) is 0.826. The van der Waals surface area contributed by atoms with Crippen LogP contribution in [0.3, 0.4) is 0 Å². The minimum Gasteiger partial charge on any atom is -0.365 e. The Morgan fingerprint density at radius 1 is 1.37 bits per heavy atom. The summed E-state index contributed by atoms with van der Waals surface area (Å²) in [5, 5.41) is 3.77. The van der Waals surface area contributed by atoms with Crippen molar-refractivity contribution in [3.63, 3.8) is 0 Å². The van der Waals surface area contributed by atoms with Gasteiger partial charge in [-0.05, 0) is 37.1 Å². The van der Waals surface area contributed by atoms with Crippen molar-refractivity contribution in [3.8, 4) is 0 Å². The Kier molecular flexibility index (Phi) is 3.79. The van der Waals surface area contributed by atoms with Gasteiger partial charge in [0.15, 0.2) is 0 Å². The number of anilines is 1. The number of hydrogen-bond acceptors (Lipinski definition) is 4. The van der Waals surface area contributed by atoms with E-state index in [1.807, 2.05) is 32.0 Å². The van der Waals surface area contributed by atoms with E-state index >= 15 is 0 Å². The molecule has 0 fully saturated rings. The summed E-state index contributed by atoms with van der Waals surface area (Å²) in [5.74, 6) is 1.60. The molecule has 3 N–H and O–H groups in total. The van der Waals surface area contributed by atoms with Gasteiger partial charge in [0.2, 0.25) is 0 Å². The number of thioether (sulfide) groups is 1. The number of carbonyl (C=O) groups excluding carboxylic acids is 2. The Balaban J connectivity index is 2.36. The lowest BCUT2D eigenvalue weighted by Gasteiger charge is -2.10. The van der Waals surface area contributed by atoms with Crippen molar-refractivity contribution in [2.24, 2.45) is 5.73 Å². The summed E-state index contributed by atoms with van der Waals surface area (Å²) in [4.78, 5) is 22.2. The van der Waals surface area contributed by atoms with Gasteiger partial charge in [0.25, 0.3) is 5.91 Å². The van der Waals surface area contributed by atoms with E-state index in [9.17, 15) is 9.59 Å². The van der Waals surface area contributed by atoms with Crippen LogP contribution in [0.25, 0.3) is 0 Å². The minimum atomic E-state index is -0.602. The molecule has 5 heteroatoms. The topological polar surface area (TPSA) is 72.2 Å². The van der Waals surface area contributed by atoms with E-state index in [4.69, 9.17) is 5.73 Å². The average molecular weight is 274 g/mol. The summed E-state index contributed by atoms with van der Waals surface area (Å²) in [6.45, 7) is 4.05. The lowest BCUT2D eigenvalue weighted by molar-refractivity contribution is -0.114. The predicted octanol–water partition coefficient (Wildman–Crippen LogP) is 1.92. The van der Waals surface area contributed by atoms with Crippen LogP contribution < -0.4 is 11.1 Å². The van der Waals surface area contributed by atoms with Crippen LogP contribution in [-0.2, 0) is 9.59 Å². The number of nitrogens with two attached hydrogens (primary N) is 1. The molecule has 1 heterocycles. The van der Waals surface area contributed by atoms with E-state index in [2.05, 4.69) is 5.32 Å². The van der Waals surface area contributed by atoms with Crippen LogP contribution in [-0.4, -0.2) is 17.6 Å². The van der Waals surface area contributed by atoms with Crippen LogP contribution in [0.1, 0.15) is 11.1 Å². The Bertz CT molecular complexity index is 628. The fraction of sp³-hybridized carbons (Fsp3) is 0.214. The lowest BCUT2D eigenvalue weighted by atomic mass is 10.1. The monoisotopic (exact) mass is 274 g/mol. The van der Waals surface area contributed by atoms with Crippen LogP contribution in [0.4, 0.5) is 5.69 Å². The molecule has 0 saturated carbocycles. The molecule has 98 valence electrons. The summed E-state index contributed by atoms with van der Waals surface area (Å²) in [6, 6.07) is 5.92. The number of nitrogens with one attached hydrogen (secondary N) is 1. The molecule has 0 atom stereocenters. The third kappa shape index (κ3) is 2.72. The molecule has 1 aliphatic rings. The van der Waals surface area contributed by atoms with Gasteiger partial charge in [-0.2, -0.15) is 0 Å². The molecule has 1 amide bonds. The zero-order valence-corrected chi connectivity index (χ0v) is 11.6. The number of carbonyl (C=O) groups is 1. The molecule has 0 spiro atoms. The van der Waals surface area contributed by atoms with Crippen molar-refractivity contribution in [2.75, 3.05) is 11.1 Å². The molecule has 0 bridgehead atoms. The van der Waals surface area contributed by atoms with Gasteiger partial charge in [-0.25, -0.2) is 4.79 Å². The van der Waals surface area contributed by atoms with Crippen molar-refractivity contribution in [1.82, 2.24) is 0 Å². The van der Waals surface area contributed by atoms with Crippen molar-refractivity contribution in [3.05, 3.63) is 45.5 Å². The number of primary amides is 1. The van der Waals surface area contributed by atoms with E-state index in [-0.39, 0.29) is 5.57 Å². The Morgan fingerprint density at radius 2 is 2.11 bits per heavy atom. The first-order chi connectivity index (χ1) is 9.02. The van der Waals surface area contributed by atoms with Gasteiger partial charge in [0.1, 0.15) is 5.94 Å². The smallest absolute Gasteiger partial charge is 0.252 e. The SMILES string of the molecule is Cc1ccc(NC2=C(C(N)=O)C(=C=O)CS2)cc1C. The molecular formula is C14H14N2O2S. The maximum atomic E-state index is 11.4. The fourth-order valence-electron chi connectivity index (χ4n) is 1.82. The van der Waals surface area contributed by atoms with Gasteiger partial charge >= 0.3 is 0 Å². The summed E-state index contributed by atoms with van der Waals surface area (Å²) in [5.41, 5.74) is 9.10. The largest absolute Gasteiger partial charge is 0.365 e. The van der Waals surface area contributed by atoms with Gasteiger partial charge in [0.05, 0.1) is 16.2 Å². The second-order valence-corrected chi connectivity index (χ2v) is 5.35. The van der Waals surface area contributed by atoms with E-state index < -0.39 is 5.91 Å². The van der Waals surface area contributed by atoms with Crippen LogP contribution in [0, 0.1) is 13.8 Å². The molecule has 0 aliphatic carbocycles. The third-order valence-corrected chi connectivity index (χ3v) is 4.05. The van der Waals surface area contributed by atoms with Gasteiger partial charge in [-0.15, -0.1) is 11.8 Å². The Labute approximate surface area is 115 Å². The highest BCUT2D eigenvalue weighted by Gasteiger charge is 2.26. The van der Waals surface area contributed by atoms with Gasteiger partial charge in [0, 0.05) is 11.4 Å². The van der Waals surface area contributed by atoms with E-state index in [1.54, 1.807) is 5.94 Å². The first-order valence-electron chi connectivity index (χ1n) is 5.78. The zero-order valence-electron chi connectivity index (χ0n) is 10.7. The highest BCUT2D eigenvalue weighted by atomic mass is 32.2. The summed E-state index contributed by atoms with van der Waals surface area (Å²) < 4.78 is 0. The predicted molar refractivity (Wildman–Crippen MR) is 77.4 cm³/mol. The molecular weight excluding hydrogens is 260 g/mol. The first-order valence-corrected chi connectivity index (χ1v) is 6.77. The van der Waals surface area contributed by atoms with E-state index in [0.717, 1.165) is 11.3 Å². The number of amides is 1. The molecule has 0 aromatic heterocycles. The fourth-order valence-corrected chi connectivity index (χ4v) is 2.87. The molecule has 0 unspecified atom stereocenters. The molecule has 1 aromatic carbocycles. The minimum absolute atomic E-state index is 0.248. The normalized spacial score (nSPS) is 14.5. The molecule has 1 aliphatic heterocycles. The second kappa shape index (κ2) is 5.34. The first kappa shape index (κ1) is 13.5. The molecule has 0 saturated heterocycles. The van der Waals surface area contributed by atoms with E-state index in [1.165, 1.54) is 17.3 Å². The molecule has 4 nitrogen and oxygen atoms in total. The van der Waals surface area contributed by atoms with Crippen LogP contribution >= 0.6 is 11.8 Å². The zero-order chi connectivity index (χ0) is 14.0. The summed E-state index contributed by atoms with van der Waals surface area (Å²) >= 11 is 1.38. The number of rotatable bonds is 3. The van der Waals surface area contributed by atoms with Gasteiger partial charge in [-0.3, -0.25) is 4.79 Å². The van der Waals surface area contributed by atoms with Crippen molar-refractivity contribution >= 4 is 29.3 Å². The number of hydrogen-bond donors (Lipinski definition) is 2. The Morgan fingerprint density at radius 3 is 2.68 bits per heavy atom. The Hall–Kier alpha value is -1.97. The third-order valence-electron chi connectivity index (χ3n) is 3.02. The molecule has 19 heavy (non-hydrogen) atoms. The van der Waals surface area contributed by atoms with Crippen LogP contribution in [0.5, 0.6) is 0 Å². The van der Waals surface area contributed by atoms with E-state index in [0.29, 0.717) is 16.4 Å². The molecule has 2 rings (SSSR count). The highest BCUT2D eigenvalue weighted by Crippen LogP contribution is 2.34. The van der Waals surface area contributed by atoms with Crippen LogP contribution in [0.15, 0.2) is 34.4 Å². The lowest BCUT2D eigenvalue weighted by Crippen LogP contribution is -2.17. The van der Waals surface area contributed by atoms with Crippen molar-refractivity contribution in [2.45, 2.75) is 13.8 Å². The number of benzene rings is 1. The van der Waals surface area contributed by atoms with Crippen molar-refractivity contribution < 1.29 is 9.59 Å². The standard InChI is InChI=1S/C14H14N2O2S/c1-8-3-4-11(5-9(8)2)16-14-12(13(15)18)10(6-17)7-19-14/h3-5,16H,7H2,1-2H3,(H2,15,18). The molecule has 0 radical (unpaired) electrons. The molecule has 1 aromatic rings. The highest BCUT2D eigenvalue weighted by molar-refractivity contribution is 8.03. The average Bonchev–Trinajstić information content (AvgIpc) is 2.77. The summed E-state index contributed by atoms with van der Waals surface area (Å²) in [7, 11) is 0. The maximum absolute atomic E-state index is 11.4. The van der Waals surface area contributed by atoms with Crippen molar-refractivity contribution in [1.29, 1.82) is 0 Å². The van der Waals surface area contributed by atoms with Gasteiger partial charge < -0.3 is 11.1 Å². The summed E-state index contributed by atoms with van der Waals surface area (Å²) in [6.07, 6.45) is 0.